The number of fused-ring (bicyclic) bond motifs is 7. The van der Waals surface area contributed by atoms with Gasteiger partial charge in [0.1, 0.15) is 6.10 Å². The fraction of sp³-hybridized carbons (Fsp3) is 0.882. The second kappa shape index (κ2) is 8.84. The molecular weight excluding hydrogens is 472 g/mol. The topological polar surface area (TPSA) is 52.6 Å². The third-order valence-corrected chi connectivity index (χ3v) is 13.8. The first-order valence-electron chi connectivity index (χ1n) is 15.5. The molecule has 5 aliphatic rings. The molecular formula is C34H54O4. The zero-order valence-corrected chi connectivity index (χ0v) is 25.8. The Hall–Kier alpha value is -1.32. The number of carbonyl (C=O) groups is 2. The van der Waals surface area contributed by atoms with Crippen LogP contribution in [0.2, 0.25) is 0 Å². The van der Waals surface area contributed by atoms with E-state index in [1.54, 1.807) is 12.5 Å². The van der Waals surface area contributed by atoms with E-state index in [2.05, 4.69) is 54.5 Å². The van der Waals surface area contributed by atoms with Crippen LogP contribution in [0.5, 0.6) is 0 Å². The summed E-state index contributed by atoms with van der Waals surface area (Å²) in [6.45, 7) is 21.2. The van der Waals surface area contributed by atoms with Crippen LogP contribution in [0.1, 0.15) is 127 Å². The molecule has 0 N–H and O–H groups in total. The second-order valence-electron chi connectivity index (χ2n) is 16.3. The first-order chi connectivity index (χ1) is 17.5. The monoisotopic (exact) mass is 526 g/mol. The van der Waals surface area contributed by atoms with Gasteiger partial charge in [-0.05, 0) is 104 Å². The van der Waals surface area contributed by atoms with Gasteiger partial charge >= 0.3 is 11.9 Å². The lowest BCUT2D eigenvalue weighted by atomic mass is 9.33. The largest absolute Gasteiger partial charge is 0.465 e. The quantitative estimate of drug-likeness (QED) is 0.274. The van der Waals surface area contributed by atoms with Crippen LogP contribution >= 0.6 is 0 Å². The third-order valence-electron chi connectivity index (χ3n) is 13.8. The molecule has 5 rings (SSSR count). The van der Waals surface area contributed by atoms with E-state index in [1.807, 2.05) is 0 Å². The molecule has 0 spiro atoms. The van der Waals surface area contributed by atoms with Gasteiger partial charge in [0.15, 0.2) is 0 Å². The van der Waals surface area contributed by atoms with Gasteiger partial charge < -0.3 is 9.47 Å². The SMILES string of the molecule is CC(=O)OCC1(C)CCC2(C)CCC3(C)C(=CCC4C5(C)CCC(OC(C)=O)C(C)(C)C5CCC43C)C2C1. The molecule has 9 unspecified atom stereocenters. The molecule has 9 atom stereocenters. The maximum absolute atomic E-state index is 11.9. The molecule has 38 heavy (non-hydrogen) atoms. The fourth-order valence-corrected chi connectivity index (χ4v) is 11.2. The van der Waals surface area contributed by atoms with Crippen molar-refractivity contribution in [2.24, 2.45) is 50.2 Å². The van der Waals surface area contributed by atoms with E-state index >= 15 is 0 Å². The van der Waals surface area contributed by atoms with Gasteiger partial charge in [0.25, 0.3) is 0 Å². The van der Waals surface area contributed by atoms with Crippen molar-refractivity contribution < 1.29 is 19.1 Å². The molecule has 214 valence electrons. The zero-order chi connectivity index (χ0) is 27.9. The Bertz CT molecular complexity index is 1030. The van der Waals surface area contributed by atoms with Gasteiger partial charge in [-0.2, -0.15) is 0 Å². The van der Waals surface area contributed by atoms with E-state index in [1.165, 1.54) is 45.4 Å². The minimum Gasteiger partial charge on any atom is -0.465 e. The Labute approximate surface area is 232 Å². The Morgan fingerprint density at radius 3 is 2.18 bits per heavy atom. The predicted molar refractivity (Wildman–Crippen MR) is 151 cm³/mol. The minimum atomic E-state index is -0.156. The summed E-state index contributed by atoms with van der Waals surface area (Å²) in [6.07, 6.45) is 14.6. The van der Waals surface area contributed by atoms with Crippen LogP contribution in [-0.4, -0.2) is 24.6 Å². The molecule has 5 aliphatic carbocycles. The van der Waals surface area contributed by atoms with Gasteiger partial charge in [-0.15, -0.1) is 0 Å². The number of ether oxygens (including phenoxy) is 2. The van der Waals surface area contributed by atoms with Crippen molar-refractivity contribution in [1.29, 1.82) is 0 Å². The molecule has 0 radical (unpaired) electrons. The Balaban J connectivity index is 1.49. The average molecular weight is 527 g/mol. The van der Waals surface area contributed by atoms with Crippen LogP contribution < -0.4 is 0 Å². The highest BCUT2D eigenvalue weighted by molar-refractivity contribution is 5.66. The molecule has 0 aromatic carbocycles. The number of allylic oxidation sites excluding steroid dienone is 2. The zero-order valence-electron chi connectivity index (χ0n) is 25.8. The lowest BCUT2D eigenvalue weighted by Gasteiger charge is -2.71. The average Bonchev–Trinajstić information content (AvgIpc) is 2.81. The van der Waals surface area contributed by atoms with Gasteiger partial charge in [-0.3, -0.25) is 9.59 Å². The molecule has 0 aliphatic heterocycles. The second-order valence-corrected chi connectivity index (χ2v) is 16.3. The Morgan fingerprint density at radius 1 is 0.842 bits per heavy atom. The fourth-order valence-electron chi connectivity index (χ4n) is 11.2. The molecule has 4 fully saturated rings. The van der Waals surface area contributed by atoms with Crippen LogP contribution in [0.4, 0.5) is 0 Å². The van der Waals surface area contributed by atoms with Crippen molar-refractivity contribution in [3.8, 4) is 0 Å². The standard InChI is InChI=1S/C34H54O4/c1-22(35)37-21-30(5)16-17-31(6)18-19-33(8)24(25(31)20-30)10-11-27-32(7)14-13-28(38-23(2)36)29(3,4)26(32)12-15-34(27,33)9/h10,25-28H,11-21H2,1-9H3. The van der Waals surface area contributed by atoms with Crippen LogP contribution in [0.15, 0.2) is 11.6 Å². The normalized spacial score (nSPS) is 49.3. The van der Waals surface area contributed by atoms with Crippen LogP contribution in [0.3, 0.4) is 0 Å². The van der Waals surface area contributed by atoms with Crippen molar-refractivity contribution in [1.82, 2.24) is 0 Å². The van der Waals surface area contributed by atoms with Gasteiger partial charge in [0.2, 0.25) is 0 Å². The van der Waals surface area contributed by atoms with E-state index < -0.39 is 0 Å². The summed E-state index contributed by atoms with van der Waals surface area (Å²) in [5.74, 6) is 1.51. The molecule has 4 heteroatoms. The Morgan fingerprint density at radius 2 is 1.53 bits per heavy atom. The summed E-state index contributed by atoms with van der Waals surface area (Å²) in [5.41, 5.74) is 2.91. The molecule has 0 saturated heterocycles. The molecule has 4 nitrogen and oxygen atoms in total. The maximum Gasteiger partial charge on any atom is 0.302 e. The highest BCUT2D eigenvalue weighted by Gasteiger charge is 2.68. The van der Waals surface area contributed by atoms with Gasteiger partial charge in [-0.25, -0.2) is 0 Å². The summed E-state index contributed by atoms with van der Waals surface area (Å²) in [7, 11) is 0. The molecule has 0 bridgehead atoms. The number of hydrogen-bond donors (Lipinski definition) is 0. The summed E-state index contributed by atoms with van der Waals surface area (Å²) < 4.78 is 11.5. The smallest absolute Gasteiger partial charge is 0.302 e. The highest BCUT2D eigenvalue weighted by Crippen LogP contribution is 2.75. The van der Waals surface area contributed by atoms with Crippen molar-refractivity contribution in [3.05, 3.63) is 11.6 Å². The number of hydrogen-bond acceptors (Lipinski definition) is 4. The van der Waals surface area contributed by atoms with E-state index in [4.69, 9.17) is 9.47 Å². The number of carbonyl (C=O) groups excluding carboxylic acids is 2. The van der Waals surface area contributed by atoms with Gasteiger partial charge in [0.05, 0.1) is 6.61 Å². The van der Waals surface area contributed by atoms with Crippen LogP contribution in [-0.2, 0) is 19.1 Å². The summed E-state index contributed by atoms with van der Waals surface area (Å²) in [4.78, 5) is 23.6. The highest BCUT2D eigenvalue weighted by atomic mass is 16.5. The van der Waals surface area contributed by atoms with E-state index in [-0.39, 0.29) is 45.1 Å². The molecule has 0 heterocycles. The van der Waals surface area contributed by atoms with Crippen LogP contribution in [0, 0.1) is 50.2 Å². The molecule has 0 amide bonds. The molecule has 0 aromatic rings. The minimum absolute atomic E-state index is 0.00205. The lowest BCUT2D eigenvalue weighted by Crippen LogP contribution is -2.64. The van der Waals surface area contributed by atoms with Crippen molar-refractivity contribution in [3.63, 3.8) is 0 Å². The van der Waals surface area contributed by atoms with Gasteiger partial charge in [-0.1, -0.05) is 60.1 Å². The number of rotatable bonds is 3. The van der Waals surface area contributed by atoms with E-state index in [0.29, 0.717) is 29.8 Å². The molecule has 0 aromatic heterocycles. The number of esters is 2. The predicted octanol–water partition coefficient (Wildman–Crippen LogP) is 8.28. The summed E-state index contributed by atoms with van der Waals surface area (Å²) >= 11 is 0. The van der Waals surface area contributed by atoms with Crippen molar-refractivity contribution in [2.75, 3.05) is 6.61 Å². The first-order valence-corrected chi connectivity index (χ1v) is 15.5. The van der Waals surface area contributed by atoms with E-state index in [9.17, 15) is 9.59 Å². The van der Waals surface area contributed by atoms with Gasteiger partial charge in [0, 0.05) is 24.7 Å². The summed E-state index contributed by atoms with van der Waals surface area (Å²) in [6, 6.07) is 0. The van der Waals surface area contributed by atoms with Crippen LogP contribution in [0.25, 0.3) is 0 Å². The lowest BCUT2D eigenvalue weighted by molar-refractivity contribution is -0.212. The van der Waals surface area contributed by atoms with E-state index in [0.717, 1.165) is 25.7 Å². The van der Waals surface area contributed by atoms with Crippen molar-refractivity contribution in [2.45, 2.75) is 133 Å². The van der Waals surface area contributed by atoms with Crippen molar-refractivity contribution >= 4 is 11.9 Å². The maximum atomic E-state index is 11.9. The molecule has 4 saturated carbocycles. The third kappa shape index (κ3) is 3.96. The summed E-state index contributed by atoms with van der Waals surface area (Å²) in [5, 5.41) is 0. The first kappa shape index (κ1) is 28.2. The Kier molecular flexibility index (Phi) is 6.56.